The Hall–Kier alpha value is -0.220. The molecule has 2 saturated heterocycles. The molecule has 0 N–H and O–H groups in total. The van der Waals surface area contributed by atoms with Crippen molar-refractivity contribution in [1.82, 2.24) is 4.90 Å². The number of hydrogen-bond donors (Lipinski definition) is 0. The first-order chi connectivity index (χ1) is 6.68. The van der Waals surface area contributed by atoms with Crippen molar-refractivity contribution in [3.8, 4) is 0 Å². The standard InChI is InChI=1S/C10H17F2NO/c1-14-7-10-3-2-4-13(10)6-8(5-10)9(11)12/h8-9H,2-7H2,1H3. The van der Waals surface area contributed by atoms with E-state index >= 15 is 0 Å². The molecule has 2 nitrogen and oxygen atoms in total. The van der Waals surface area contributed by atoms with Gasteiger partial charge in [0.25, 0.3) is 0 Å². The first-order valence-electron chi connectivity index (χ1n) is 5.20. The Kier molecular flexibility index (Phi) is 2.75. The van der Waals surface area contributed by atoms with E-state index in [1.807, 2.05) is 0 Å². The highest BCUT2D eigenvalue weighted by Gasteiger charge is 2.50. The van der Waals surface area contributed by atoms with Crippen molar-refractivity contribution in [2.75, 3.05) is 26.8 Å². The minimum absolute atomic E-state index is 0.0597. The summed E-state index contributed by atoms with van der Waals surface area (Å²) in [5, 5.41) is 0. The van der Waals surface area contributed by atoms with E-state index < -0.39 is 12.3 Å². The highest BCUT2D eigenvalue weighted by Crippen LogP contribution is 2.43. The number of methoxy groups -OCH3 is 1. The first-order valence-corrected chi connectivity index (χ1v) is 5.20. The molecular weight excluding hydrogens is 188 g/mol. The zero-order valence-electron chi connectivity index (χ0n) is 8.51. The maximum absolute atomic E-state index is 12.6. The lowest BCUT2D eigenvalue weighted by atomic mass is 9.91. The van der Waals surface area contributed by atoms with E-state index in [0.29, 0.717) is 19.6 Å². The molecule has 0 aromatic heterocycles. The Balaban J connectivity index is 2.06. The monoisotopic (exact) mass is 205 g/mol. The molecule has 14 heavy (non-hydrogen) atoms. The SMILES string of the molecule is COCC12CCCN1CC(C(F)F)C2. The van der Waals surface area contributed by atoms with Crippen molar-refractivity contribution >= 4 is 0 Å². The van der Waals surface area contributed by atoms with Gasteiger partial charge in [0.2, 0.25) is 6.43 Å². The zero-order chi connectivity index (χ0) is 10.2. The number of hydrogen-bond acceptors (Lipinski definition) is 2. The van der Waals surface area contributed by atoms with Gasteiger partial charge in [-0.15, -0.1) is 0 Å². The molecule has 0 aliphatic carbocycles. The summed E-state index contributed by atoms with van der Waals surface area (Å²) in [6.07, 6.45) is 0.580. The van der Waals surface area contributed by atoms with Crippen molar-refractivity contribution in [2.24, 2.45) is 5.92 Å². The van der Waals surface area contributed by atoms with Crippen LogP contribution in [0.1, 0.15) is 19.3 Å². The molecule has 2 aliphatic heterocycles. The summed E-state index contributed by atoms with van der Waals surface area (Å²) in [5.74, 6) is -0.439. The normalized spacial score (nSPS) is 38.1. The number of halogens is 2. The molecule has 2 rings (SSSR count). The van der Waals surface area contributed by atoms with Crippen LogP contribution in [0, 0.1) is 5.92 Å². The van der Waals surface area contributed by atoms with Crippen LogP contribution in [0.25, 0.3) is 0 Å². The van der Waals surface area contributed by atoms with E-state index in [9.17, 15) is 8.78 Å². The lowest BCUT2D eigenvalue weighted by Crippen LogP contribution is -2.42. The Morgan fingerprint density at radius 2 is 2.36 bits per heavy atom. The molecule has 0 amide bonds. The molecule has 2 unspecified atom stereocenters. The Labute approximate surface area is 83.2 Å². The van der Waals surface area contributed by atoms with Gasteiger partial charge in [-0.2, -0.15) is 0 Å². The van der Waals surface area contributed by atoms with Crippen LogP contribution in [0.5, 0.6) is 0 Å². The lowest BCUT2D eigenvalue weighted by molar-refractivity contribution is 0.0616. The van der Waals surface area contributed by atoms with Crippen LogP contribution in [-0.4, -0.2) is 43.7 Å². The quantitative estimate of drug-likeness (QED) is 0.696. The van der Waals surface area contributed by atoms with Crippen LogP contribution < -0.4 is 0 Å². The minimum Gasteiger partial charge on any atom is -0.383 e. The third-order valence-electron chi connectivity index (χ3n) is 3.61. The van der Waals surface area contributed by atoms with E-state index in [-0.39, 0.29) is 5.54 Å². The summed E-state index contributed by atoms with van der Waals surface area (Å²) in [5.41, 5.74) is -0.0597. The summed E-state index contributed by atoms with van der Waals surface area (Å²) in [6.45, 7) is 2.13. The molecule has 0 aromatic carbocycles. The minimum atomic E-state index is -2.17. The molecule has 0 spiro atoms. The number of alkyl halides is 2. The summed E-state index contributed by atoms with van der Waals surface area (Å²) < 4.78 is 30.4. The fourth-order valence-electron chi connectivity index (χ4n) is 3.01. The average Bonchev–Trinajstić information content (AvgIpc) is 2.60. The smallest absolute Gasteiger partial charge is 0.242 e. The summed E-state index contributed by atoms with van der Waals surface area (Å²) in [7, 11) is 1.65. The van der Waals surface area contributed by atoms with Gasteiger partial charge in [0.15, 0.2) is 0 Å². The molecule has 2 aliphatic rings. The molecule has 0 saturated carbocycles. The molecular formula is C10H17F2NO. The zero-order valence-corrected chi connectivity index (χ0v) is 8.51. The number of rotatable bonds is 3. The molecule has 82 valence electrons. The number of nitrogens with zero attached hydrogens (tertiary/aromatic N) is 1. The maximum atomic E-state index is 12.6. The molecule has 0 radical (unpaired) electrons. The topological polar surface area (TPSA) is 12.5 Å². The largest absolute Gasteiger partial charge is 0.383 e. The van der Waals surface area contributed by atoms with Crippen LogP contribution in [0.2, 0.25) is 0 Å². The van der Waals surface area contributed by atoms with Crippen molar-refractivity contribution < 1.29 is 13.5 Å². The third-order valence-corrected chi connectivity index (χ3v) is 3.61. The summed E-state index contributed by atoms with van der Waals surface area (Å²) in [6, 6.07) is 0. The van der Waals surface area contributed by atoms with Gasteiger partial charge in [-0.05, 0) is 25.8 Å². The Morgan fingerprint density at radius 1 is 1.57 bits per heavy atom. The van der Waals surface area contributed by atoms with Gasteiger partial charge in [0.1, 0.15) is 0 Å². The highest BCUT2D eigenvalue weighted by molar-refractivity contribution is 5.03. The summed E-state index contributed by atoms with van der Waals surface area (Å²) in [4.78, 5) is 2.20. The van der Waals surface area contributed by atoms with Crippen LogP contribution in [0.4, 0.5) is 8.78 Å². The van der Waals surface area contributed by atoms with E-state index in [1.54, 1.807) is 7.11 Å². The lowest BCUT2D eigenvalue weighted by Gasteiger charge is -2.30. The number of fused-ring (bicyclic) bond motifs is 1. The van der Waals surface area contributed by atoms with E-state index in [2.05, 4.69) is 4.90 Å². The van der Waals surface area contributed by atoms with Crippen molar-refractivity contribution in [3.63, 3.8) is 0 Å². The van der Waals surface area contributed by atoms with Gasteiger partial charge in [0.05, 0.1) is 6.61 Å². The van der Waals surface area contributed by atoms with Gasteiger partial charge in [-0.25, -0.2) is 8.78 Å². The maximum Gasteiger partial charge on any atom is 0.242 e. The van der Waals surface area contributed by atoms with Gasteiger partial charge in [-0.1, -0.05) is 0 Å². The van der Waals surface area contributed by atoms with E-state index in [4.69, 9.17) is 4.74 Å². The van der Waals surface area contributed by atoms with E-state index in [0.717, 1.165) is 19.4 Å². The second-order valence-corrected chi connectivity index (χ2v) is 4.51. The molecule has 0 aromatic rings. The summed E-state index contributed by atoms with van der Waals surface area (Å²) >= 11 is 0. The van der Waals surface area contributed by atoms with Crippen LogP contribution in [0.3, 0.4) is 0 Å². The van der Waals surface area contributed by atoms with Gasteiger partial charge in [0, 0.05) is 25.1 Å². The Morgan fingerprint density at radius 3 is 3.00 bits per heavy atom. The fraction of sp³-hybridized carbons (Fsp3) is 1.00. The molecule has 0 bridgehead atoms. The third kappa shape index (κ3) is 1.54. The van der Waals surface area contributed by atoms with Crippen LogP contribution >= 0.6 is 0 Å². The molecule has 2 fully saturated rings. The molecule has 2 atom stereocenters. The first kappa shape index (κ1) is 10.3. The molecule has 4 heteroatoms. The predicted molar refractivity (Wildman–Crippen MR) is 49.5 cm³/mol. The predicted octanol–water partition coefficient (Wildman–Crippen LogP) is 1.75. The second kappa shape index (κ2) is 3.74. The van der Waals surface area contributed by atoms with Gasteiger partial charge < -0.3 is 4.74 Å². The second-order valence-electron chi connectivity index (χ2n) is 4.51. The van der Waals surface area contributed by atoms with Gasteiger partial charge in [-0.3, -0.25) is 4.90 Å². The fourth-order valence-corrected chi connectivity index (χ4v) is 3.01. The highest BCUT2D eigenvalue weighted by atomic mass is 19.3. The average molecular weight is 205 g/mol. The van der Waals surface area contributed by atoms with Crippen molar-refractivity contribution in [3.05, 3.63) is 0 Å². The molecule has 2 heterocycles. The van der Waals surface area contributed by atoms with Crippen LogP contribution in [0.15, 0.2) is 0 Å². The Bertz CT molecular complexity index is 212. The van der Waals surface area contributed by atoms with Crippen LogP contribution in [-0.2, 0) is 4.74 Å². The van der Waals surface area contributed by atoms with E-state index in [1.165, 1.54) is 0 Å². The van der Waals surface area contributed by atoms with Gasteiger partial charge >= 0.3 is 0 Å². The van der Waals surface area contributed by atoms with Crippen molar-refractivity contribution in [2.45, 2.75) is 31.2 Å². The number of ether oxygens (including phenoxy) is 1. The van der Waals surface area contributed by atoms with Crippen molar-refractivity contribution in [1.29, 1.82) is 0 Å².